The van der Waals surface area contributed by atoms with Gasteiger partial charge in [0.15, 0.2) is 0 Å². The molecule has 0 aliphatic rings. The molecule has 0 bridgehead atoms. The fourth-order valence-electron chi connectivity index (χ4n) is 1.73. The number of hydrogen-bond donors (Lipinski definition) is 3. The number of rotatable bonds is 6. The van der Waals surface area contributed by atoms with Crippen molar-refractivity contribution in [1.29, 1.82) is 0 Å². The summed E-state index contributed by atoms with van der Waals surface area (Å²) in [5, 5.41) is 13.5. The van der Waals surface area contributed by atoms with Crippen LogP contribution in [0, 0.1) is 5.82 Å². The molecule has 1 rings (SSSR count). The van der Waals surface area contributed by atoms with Crippen LogP contribution in [0.4, 0.5) is 4.39 Å². The quantitative estimate of drug-likeness (QED) is 0.711. The number of carbonyl (C=O) groups excluding carboxylic acids is 2. The molecule has 0 fully saturated rings. The third-order valence-corrected chi connectivity index (χ3v) is 2.75. The highest BCUT2D eigenvalue weighted by atomic mass is 19.1. The van der Waals surface area contributed by atoms with Crippen LogP contribution in [-0.4, -0.2) is 35.0 Å². The van der Waals surface area contributed by atoms with E-state index in [-0.39, 0.29) is 6.42 Å². The van der Waals surface area contributed by atoms with E-state index in [4.69, 9.17) is 5.11 Å². The molecular formula is C14H17FN2O4. The highest BCUT2D eigenvalue weighted by Gasteiger charge is 2.23. The third-order valence-electron chi connectivity index (χ3n) is 2.75. The van der Waals surface area contributed by atoms with Crippen molar-refractivity contribution in [2.24, 2.45) is 0 Å². The molecule has 6 nitrogen and oxygen atoms in total. The number of carbonyl (C=O) groups is 3. The van der Waals surface area contributed by atoms with Crippen LogP contribution in [-0.2, 0) is 20.8 Å². The topological polar surface area (TPSA) is 95.5 Å². The van der Waals surface area contributed by atoms with Gasteiger partial charge in [0, 0.05) is 13.3 Å². The number of aliphatic carboxylic acids is 1. The molecule has 3 N–H and O–H groups in total. The lowest BCUT2D eigenvalue weighted by molar-refractivity contribution is -0.141. The summed E-state index contributed by atoms with van der Waals surface area (Å²) in [6.45, 7) is 2.56. The van der Waals surface area contributed by atoms with Crippen molar-refractivity contribution in [3.63, 3.8) is 0 Å². The summed E-state index contributed by atoms with van der Waals surface area (Å²) in [4.78, 5) is 33.9. The van der Waals surface area contributed by atoms with Gasteiger partial charge in [-0.2, -0.15) is 0 Å². The Balaban J connectivity index is 2.82. The molecule has 0 aliphatic carbocycles. The summed E-state index contributed by atoms with van der Waals surface area (Å²) in [6, 6.07) is 3.58. The minimum absolute atomic E-state index is 0.0650. The predicted octanol–water partition coefficient (Wildman–Crippen LogP) is 0.462. The molecule has 21 heavy (non-hydrogen) atoms. The van der Waals surface area contributed by atoms with Crippen molar-refractivity contribution >= 4 is 17.8 Å². The van der Waals surface area contributed by atoms with E-state index in [9.17, 15) is 18.8 Å². The van der Waals surface area contributed by atoms with Gasteiger partial charge in [0.25, 0.3) is 0 Å². The lowest BCUT2D eigenvalue weighted by atomic mass is 10.0. The number of carboxylic acids is 1. The number of halogens is 1. The van der Waals surface area contributed by atoms with E-state index in [1.807, 2.05) is 0 Å². The van der Waals surface area contributed by atoms with Crippen LogP contribution in [0.1, 0.15) is 19.4 Å². The summed E-state index contributed by atoms with van der Waals surface area (Å²) < 4.78 is 13.1. The van der Waals surface area contributed by atoms with Gasteiger partial charge >= 0.3 is 5.97 Å². The Hall–Kier alpha value is -2.44. The second-order valence-corrected chi connectivity index (χ2v) is 4.66. The van der Waals surface area contributed by atoms with Crippen molar-refractivity contribution in [1.82, 2.24) is 10.6 Å². The largest absolute Gasteiger partial charge is 0.480 e. The standard InChI is InChI=1S/C14H17FN2O4/c1-8(14(20)21)16-13(19)12(17-9(2)18)7-10-4-3-5-11(15)6-10/h3-6,8,12H,7H2,1-2H3,(H,16,19)(H,17,18)(H,20,21)/t8-,12-/m1/s1. The zero-order chi connectivity index (χ0) is 16.0. The fourth-order valence-corrected chi connectivity index (χ4v) is 1.73. The number of carboxylic acid groups (broad SMARTS) is 1. The Kier molecular flexibility index (Phi) is 5.83. The summed E-state index contributed by atoms with van der Waals surface area (Å²) in [7, 11) is 0. The van der Waals surface area contributed by atoms with Crippen LogP contribution in [0.15, 0.2) is 24.3 Å². The van der Waals surface area contributed by atoms with E-state index in [2.05, 4.69) is 10.6 Å². The highest BCUT2D eigenvalue weighted by molar-refractivity contribution is 5.90. The molecule has 0 saturated heterocycles. The Labute approximate surface area is 121 Å². The first-order valence-electron chi connectivity index (χ1n) is 6.34. The molecule has 0 aliphatic heterocycles. The molecule has 2 amide bonds. The zero-order valence-electron chi connectivity index (χ0n) is 11.7. The summed E-state index contributed by atoms with van der Waals surface area (Å²) in [6.07, 6.45) is 0.0650. The Morgan fingerprint density at radius 2 is 1.95 bits per heavy atom. The molecule has 0 saturated carbocycles. The normalized spacial score (nSPS) is 13.1. The van der Waals surface area contributed by atoms with Crippen LogP contribution in [0.3, 0.4) is 0 Å². The maximum absolute atomic E-state index is 13.1. The summed E-state index contributed by atoms with van der Waals surface area (Å²) in [5.74, 6) is -2.71. The smallest absolute Gasteiger partial charge is 0.325 e. The molecule has 0 spiro atoms. The highest BCUT2D eigenvalue weighted by Crippen LogP contribution is 2.07. The summed E-state index contributed by atoms with van der Waals surface area (Å²) in [5.41, 5.74) is 0.520. The Bertz CT molecular complexity index is 548. The molecule has 1 aromatic carbocycles. The molecule has 1 aromatic rings. The average Bonchev–Trinajstić information content (AvgIpc) is 2.37. The van der Waals surface area contributed by atoms with Crippen molar-refractivity contribution in [3.05, 3.63) is 35.6 Å². The van der Waals surface area contributed by atoms with E-state index in [0.717, 1.165) is 0 Å². The number of amides is 2. The lowest BCUT2D eigenvalue weighted by Crippen LogP contribution is -2.51. The Morgan fingerprint density at radius 1 is 1.29 bits per heavy atom. The van der Waals surface area contributed by atoms with Gasteiger partial charge in [0.2, 0.25) is 11.8 Å². The van der Waals surface area contributed by atoms with Crippen LogP contribution < -0.4 is 10.6 Å². The molecule has 0 unspecified atom stereocenters. The molecule has 0 radical (unpaired) electrons. The van der Waals surface area contributed by atoms with E-state index < -0.39 is 35.7 Å². The van der Waals surface area contributed by atoms with Crippen LogP contribution in [0.5, 0.6) is 0 Å². The van der Waals surface area contributed by atoms with Crippen molar-refractivity contribution in [2.45, 2.75) is 32.4 Å². The van der Waals surface area contributed by atoms with Gasteiger partial charge in [0.1, 0.15) is 17.9 Å². The van der Waals surface area contributed by atoms with Crippen molar-refractivity contribution in [3.8, 4) is 0 Å². The van der Waals surface area contributed by atoms with Gasteiger partial charge in [-0.05, 0) is 24.6 Å². The van der Waals surface area contributed by atoms with Gasteiger partial charge in [-0.1, -0.05) is 12.1 Å². The van der Waals surface area contributed by atoms with Gasteiger partial charge in [-0.25, -0.2) is 4.39 Å². The molecule has 114 valence electrons. The minimum atomic E-state index is -1.18. The van der Waals surface area contributed by atoms with E-state index in [0.29, 0.717) is 5.56 Å². The Morgan fingerprint density at radius 3 is 2.48 bits per heavy atom. The average molecular weight is 296 g/mol. The number of hydrogen-bond acceptors (Lipinski definition) is 3. The molecule has 7 heteroatoms. The number of nitrogens with one attached hydrogen (secondary N) is 2. The second-order valence-electron chi connectivity index (χ2n) is 4.66. The monoisotopic (exact) mass is 296 g/mol. The lowest BCUT2D eigenvalue weighted by Gasteiger charge is -2.19. The zero-order valence-corrected chi connectivity index (χ0v) is 11.7. The van der Waals surface area contributed by atoms with Gasteiger partial charge in [-0.3, -0.25) is 14.4 Å². The molecule has 0 aromatic heterocycles. The van der Waals surface area contributed by atoms with Crippen LogP contribution in [0.25, 0.3) is 0 Å². The molecular weight excluding hydrogens is 279 g/mol. The minimum Gasteiger partial charge on any atom is -0.480 e. The van der Waals surface area contributed by atoms with Crippen LogP contribution in [0.2, 0.25) is 0 Å². The van der Waals surface area contributed by atoms with Crippen molar-refractivity contribution in [2.75, 3.05) is 0 Å². The van der Waals surface area contributed by atoms with Gasteiger partial charge in [-0.15, -0.1) is 0 Å². The first kappa shape index (κ1) is 16.6. The van der Waals surface area contributed by atoms with Gasteiger partial charge in [0.05, 0.1) is 0 Å². The van der Waals surface area contributed by atoms with E-state index in [1.165, 1.54) is 32.0 Å². The number of benzene rings is 1. The maximum atomic E-state index is 13.1. The van der Waals surface area contributed by atoms with E-state index >= 15 is 0 Å². The predicted molar refractivity (Wildman–Crippen MR) is 72.9 cm³/mol. The van der Waals surface area contributed by atoms with Crippen molar-refractivity contribution < 1.29 is 23.9 Å². The maximum Gasteiger partial charge on any atom is 0.325 e. The first-order valence-corrected chi connectivity index (χ1v) is 6.34. The van der Waals surface area contributed by atoms with Crippen LogP contribution >= 0.6 is 0 Å². The summed E-state index contributed by atoms with van der Waals surface area (Å²) >= 11 is 0. The second kappa shape index (κ2) is 7.37. The van der Waals surface area contributed by atoms with Gasteiger partial charge < -0.3 is 15.7 Å². The molecule has 0 heterocycles. The fraction of sp³-hybridized carbons (Fsp3) is 0.357. The molecule has 2 atom stereocenters. The SMILES string of the molecule is CC(=O)N[C@H](Cc1cccc(F)c1)C(=O)N[C@H](C)C(=O)O. The third kappa shape index (κ3) is 5.60. The first-order chi connectivity index (χ1) is 9.79. The van der Waals surface area contributed by atoms with E-state index in [1.54, 1.807) is 6.07 Å².